The van der Waals surface area contributed by atoms with E-state index >= 15 is 0 Å². The van der Waals surface area contributed by atoms with Crippen molar-refractivity contribution in [2.24, 2.45) is 0 Å². The third-order valence-electron chi connectivity index (χ3n) is 5.96. The highest BCUT2D eigenvalue weighted by Gasteiger charge is 2.05. The molecule has 0 spiro atoms. The van der Waals surface area contributed by atoms with Gasteiger partial charge in [-0.15, -0.1) is 0 Å². The first-order chi connectivity index (χ1) is 15.3. The Morgan fingerprint density at radius 1 is 0.516 bits per heavy atom. The molecule has 0 atom stereocenters. The second-order valence-corrected chi connectivity index (χ2v) is 8.82. The Balaban J connectivity index is 3.60. The molecule has 0 unspecified atom stereocenters. The first-order valence-corrected chi connectivity index (χ1v) is 13.2. The molecule has 5 heteroatoms. The van der Waals surface area contributed by atoms with Crippen molar-refractivity contribution in [2.75, 3.05) is 52.5 Å². The van der Waals surface area contributed by atoms with Gasteiger partial charge in [-0.05, 0) is 19.0 Å². The van der Waals surface area contributed by atoms with Crippen molar-refractivity contribution in [3.05, 3.63) is 12.3 Å². The zero-order chi connectivity index (χ0) is 22.8. The highest BCUT2D eigenvalue weighted by atomic mass is 16.3. The van der Waals surface area contributed by atoms with Gasteiger partial charge in [0.1, 0.15) is 0 Å². The number of allylic oxidation sites excluding steroid dienone is 1. The van der Waals surface area contributed by atoms with Gasteiger partial charge in [0.15, 0.2) is 0 Å². The fraction of sp³-hybridized carbons (Fsp3) is 0.923. The number of aliphatic hydroxyl groups is 3. The number of hydrogen-bond acceptors (Lipinski definition) is 5. The molecule has 0 bridgehead atoms. The molecule has 0 aromatic carbocycles. The van der Waals surface area contributed by atoms with Crippen LogP contribution in [-0.2, 0) is 0 Å². The van der Waals surface area contributed by atoms with Crippen molar-refractivity contribution in [3.8, 4) is 0 Å². The van der Waals surface area contributed by atoms with E-state index < -0.39 is 0 Å². The van der Waals surface area contributed by atoms with E-state index in [-0.39, 0.29) is 19.8 Å². The number of rotatable bonds is 25. The van der Waals surface area contributed by atoms with E-state index in [0.29, 0.717) is 19.6 Å². The van der Waals surface area contributed by atoms with Crippen molar-refractivity contribution in [2.45, 2.75) is 103 Å². The zero-order valence-electron chi connectivity index (χ0n) is 20.7. The largest absolute Gasteiger partial charge is 0.395 e. The Bertz CT molecular complexity index is 361. The van der Waals surface area contributed by atoms with E-state index in [0.717, 1.165) is 19.5 Å². The van der Waals surface area contributed by atoms with Crippen LogP contribution in [0, 0.1) is 0 Å². The minimum atomic E-state index is 0.106. The summed E-state index contributed by atoms with van der Waals surface area (Å²) in [5.41, 5.74) is 0. The van der Waals surface area contributed by atoms with Gasteiger partial charge in [0.25, 0.3) is 0 Å². The van der Waals surface area contributed by atoms with E-state index in [9.17, 15) is 5.11 Å². The van der Waals surface area contributed by atoms with E-state index in [1.165, 1.54) is 89.9 Å². The molecule has 3 N–H and O–H groups in total. The summed E-state index contributed by atoms with van der Waals surface area (Å²) in [6, 6.07) is 0. The number of unbranched alkanes of at least 4 members (excludes halogenated alkanes) is 14. The maximum atomic E-state index is 9.27. The van der Waals surface area contributed by atoms with Gasteiger partial charge in [-0.3, -0.25) is 4.90 Å². The van der Waals surface area contributed by atoms with Crippen LogP contribution in [0.25, 0.3) is 0 Å². The fourth-order valence-corrected chi connectivity index (χ4v) is 3.96. The lowest BCUT2D eigenvalue weighted by Gasteiger charge is -2.25. The molecule has 31 heavy (non-hydrogen) atoms. The van der Waals surface area contributed by atoms with Gasteiger partial charge in [0.05, 0.1) is 19.8 Å². The third kappa shape index (κ3) is 22.4. The second kappa shape index (κ2) is 25.6. The second-order valence-electron chi connectivity index (χ2n) is 8.82. The van der Waals surface area contributed by atoms with E-state index in [1.807, 2.05) is 4.90 Å². The summed E-state index contributed by atoms with van der Waals surface area (Å²) in [5.74, 6) is 0. The summed E-state index contributed by atoms with van der Waals surface area (Å²) < 4.78 is 0. The van der Waals surface area contributed by atoms with Gasteiger partial charge < -0.3 is 20.2 Å². The van der Waals surface area contributed by atoms with Crippen molar-refractivity contribution in [1.29, 1.82) is 0 Å². The van der Waals surface area contributed by atoms with Crippen molar-refractivity contribution < 1.29 is 15.3 Å². The van der Waals surface area contributed by atoms with Crippen molar-refractivity contribution in [3.63, 3.8) is 0 Å². The molecule has 0 radical (unpaired) electrons. The Labute approximate surface area is 193 Å². The van der Waals surface area contributed by atoms with E-state index in [2.05, 4.69) is 24.1 Å². The maximum Gasteiger partial charge on any atom is 0.0606 e. The van der Waals surface area contributed by atoms with E-state index in [1.54, 1.807) is 0 Å². The minimum Gasteiger partial charge on any atom is -0.395 e. The Kier molecular flexibility index (Phi) is 25.1. The predicted molar refractivity (Wildman–Crippen MR) is 133 cm³/mol. The molecule has 0 fully saturated rings. The Hall–Kier alpha value is -0.620. The summed E-state index contributed by atoms with van der Waals surface area (Å²) in [6.45, 7) is 6.00. The minimum absolute atomic E-state index is 0.106. The normalized spacial score (nSPS) is 11.8. The highest BCUT2D eigenvalue weighted by molar-refractivity contribution is 4.83. The van der Waals surface area contributed by atoms with Gasteiger partial charge in [-0.25, -0.2) is 0 Å². The molecule has 0 saturated carbocycles. The molecule has 0 heterocycles. The lowest BCUT2D eigenvalue weighted by Crippen LogP contribution is -2.37. The summed E-state index contributed by atoms with van der Waals surface area (Å²) in [7, 11) is 0. The Morgan fingerprint density at radius 3 is 1.42 bits per heavy atom. The average Bonchev–Trinajstić information content (AvgIpc) is 2.77. The molecular formula is C26H54N2O3. The van der Waals surface area contributed by atoms with Crippen LogP contribution in [0.5, 0.6) is 0 Å². The van der Waals surface area contributed by atoms with Crippen molar-refractivity contribution in [1.82, 2.24) is 9.80 Å². The van der Waals surface area contributed by atoms with Crippen LogP contribution in [0.3, 0.4) is 0 Å². The predicted octanol–water partition coefficient (Wildman–Crippen LogP) is 4.95. The molecule has 0 aliphatic carbocycles. The number of aliphatic hydroxyl groups excluding tert-OH is 3. The molecule has 186 valence electrons. The van der Waals surface area contributed by atoms with Gasteiger partial charge in [0, 0.05) is 32.7 Å². The van der Waals surface area contributed by atoms with Gasteiger partial charge >= 0.3 is 0 Å². The Morgan fingerprint density at radius 2 is 0.968 bits per heavy atom. The quantitative estimate of drug-likeness (QED) is 0.175. The average molecular weight is 443 g/mol. The first-order valence-electron chi connectivity index (χ1n) is 13.2. The lowest BCUT2D eigenvalue weighted by atomic mass is 10.0. The molecule has 0 amide bonds. The molecule has 0 aromatic rings. The molecule has 0 aliphatic heterocycles. The standard InChI is InChI=1S/C26H54N2O3/c1-2-3-4-5-6-7-8-9-10-11-12-13-14-15-16-17-18-27(21-24-29)19-20-28(22-25-30)23-26-31/h17-18,29-31H,2-16,19-26H2,1H3/b18-17+. The fourth-order valence-electron chi connectivity index (χ4n) is 3.96. The monoisotopic (exact) mass is 442 g/mol. The summed E-state index contributed by atoms with van der Waals surface area (Å²) in [5, 5.41) is 27.5. The maximum absolute atomic E-state index is 9.27. The van der Waals surface area contributed by atoms with Crippen LogP contribution < -0.4 is 0 Å². The van der Waals surface area contributed by atoms with Crippen LogP contribution >= 0.6 is 0 Å². The lowest BCUT2D eigenvalue weighted by molar-refractivity contribution is 0.146. The summed E-state index contributed by atoms with van der Waals surface area (Å²) in [6.07, 6.45) is 24.8. The molecule has 0 saturated heterocycles. The number of nitrogens with zero attached hydrogens (tertiary/aromatic N) is 2. The number of hydrogen-bond donors (Lipinski definition) is 3. The zero-order valence-corrected chi connectivity index (χ0v) is 20.7. The highest BCUT2D eigenvalue weighted by Crippen LogP contribution is 2.13. The van der Waals surface area contributed by atoms with Gasteiger partial charge in [-0.2, -0.15) is 0 Å². The molecule has 0 rings (SSSR count). The van der Waals surface area contributed by atoms with E-state index in [4.69, 9.17) is 10.2 Å². The van der Waals surface area contributed by atoms with Crippen LogP contribution in [-0.4, -0.2) is 77.7 Å². The third-order valence-corrected chi connectivity index (χ3v) is 5.96. The summed E-state index contributed by atoms with van der Waals surface area (Å²) >= 11 is 0. The van der Waals surface area contributed by atoms with Crippen LogP contribution in [0.2, 0.25) is 0 Å². The van der Waals surface area contributed by atoms with Crippen molar-refractivity contribution >= 4 is 0 Å². The van der Waals surface area contributed by atoms with Crippen LogP contribution in [0.15, 0.2) is 12.3 Å². The SMILES string of the molecule is CCCCCCCCCCCCCCCC/C=C/N(CCO)CCN(CCO)CCO. The smallest absolute Gasteiger partial charge is 0.0606 e. The molecule has 0 aliphatic rings. The molecule has 0 aromatic heterocycles. The summed E-state index contributed by atoms with van der Waals surface area (Å²) in [4.78, 5) is 4.18. The molecule has 5 nitrogen and oxygen atoms in total. The topological polar surface area (TPSA) is 67.2 Å². The van der Waals surface area contributed by atoms with Gasteiger partial charge in [0.2, 0.25) is 0 Å². The van der Waals surface area contributed by atoms with Crippen LogP contribution in [0.4, 0.5) is 0 Å². The van der Waals surface area contributed by atoms with Crippen LogP contribution in [0.1, 0.15) is 103 Å². The van der Waals surface area contributed by atoms with Gasteiger partial charge in [-0.1, -0.05) is 96.5 Å². The first kappa shape index (κ1) is 30.4. The molecular weight excluding hydrogens is 388 g/mol.